The average Bonchev–Trinajstić information content (AvgIpc) is 2.22. The molecule has 0 spiro atoms. The molecule has 0 amide bonds. The summed E-state index contributed by atoms with van der Waals surface area (Å²) < 4.78 is 27.2. The Labute approximate surface area is 102 Å². The third-order valence-electron chi connectivity index (χ3n) is 2.70. The van der Waals surface area contributed by atoms with E-state index in [0.29, 0.717) is 0 Å². The monoisotopic (exact) mass is 290 g/mol. The van der Waals surface area contributed by atoms with Crippen LogP contribution < -0.4 is 0 Å². The first-order valence-electron chi connectivity index (χ1n) is 5.04. The minimum atomic E-state index is -0.822. The van der Waals surface area contributed by atoms with Gasteiger partial charge in [0.15, 0.2) is 11.6 Å². The van der Waals surface area contributed by atoms with Gasteiger partial charge in [-0.2, -0.15) is 0 Å². The van der Waals surface area contributed by atoms with Gasteiger partial charge in [0.2, 0.25) is 0 Å². The molecule has 0 N–H and O–H groups in total. The highest BCUT2D eigenvalue weighted by Gasteiger charge is 2.25. The van der Waals surface area contributed by atoms with E-state index in [9.17, 15) is 13.6 Å². The van der Waals surface area contributed by atoms with Gasteiger partial charge >= 0.3 is 0 Å². The van der Waals surface area contributed by atoms with Crippen LogP contribution in [0.15, 0.2) is 16.6 Å². The lowest BCUT2D eigenvalue weighted by Crippen LogP contribution is -2.19. The average molecular weight is 291 g/mol. The SMILES string of the molecule is CC(C)C(C)C(=O)c1c(F)ccc(Br)c1F. The first kappa shape index (κ1) is 13.3. The second-order valence-electron chi connectivity index (χ2n) is 4.12. The van der Waals surface area contributed by atoms with Crippen LogP contribution in [0.5, 0.6) is 0 Å². The Morgan fingerprint density at radius 2 is 1.81 bits per heavy atom. The standard InChI is InChI=1S/C12H13BrF2O/c1-6(2)7(3)12(16)10-9(14)5-4-8(13)11(10)15/h4-7H,1-3H3. The van der Waals surface area contributed by atoms with E-state index < -0.39 is 28.9 Å². The molecule has 1 unspecified atom stereocenters. The minimum Gasteiger partial charge on any atom is -0.294 e. The molecule has 0 aliphatic heterocycles. The number of Topliss-reactive ketones (excluding diaryl/α,β-unsaturated/α-hetero) is 1. The van der Waals surface area contributed by atoms with Gasteiger partial charge in [-0.05, 0) is 34.0 Å². The largest absolute Gasteiger partial charge is 0.294 e. The van der Waals surface area contributed by atoms with Gasteiger partial charge in [-0.1, -0.05) is 20.8 Å². The molecule has 4 heteroatoms. The minimum absolute atomic E-state index is 0.0466. The molecule has 1 aromatic rings. The molecule has 0 saturated carbocycles. The molecular formula is C12H13BrF2O. The predicted molar refractivity (Wildman–Crippen MR) is 62.4 cm³/mol. The van der Waals surface area contributed by atoms with Crippen molar-refractivity contribution in [2.75, 3.05) is 0 Å². The van der Waals surface area contributed by atoms with Crippen LogP contribution in [0, 0.1) is 23.5 Å². The number of carbonyl (C=O) groups is 1. The molecular weight excluding hydrogens is 278 g/mol. The number of hydrogen-bond donors (Lipinski definition) is 0. The third kappa shape index (κ3) is 2.48. The number of benzene rings is 1. The second-order valence-corrected chi connectivity index (χ2v) is 4.97. The Hall–Kier alpha value is -0.770. The molecule has 16 heavy (non-hydrogen) atoms. The Bertz CT molecular complexity index is 416. The summed E-state index contributed by atoms with van der Waals surface area (Å²) in [6.07, 6.45) is 0. The number of halogens is 3. The zero-order valence-electron chi connectivity index (χ0n) is 9.35. The zero-order chi connectivity index (χ0) is 12.5. The van der Waals surface area contributed by atoms with Gasteiger partial charge in [0.05, 0.1) is 10.0 Å². The lowest BCUT2D eigenvalue weighted by atomic mass is 9.89. The van der Waals surface area contributed by atoms with Crippen LogP contribution in [-0.2, 0) is 0 Å². The van der Waals surface area contributed by atoms with Crippen molar-refractivity contribution in [1.29, 1.82) is 0 Å². The van der Waals surface area contributed by atoms with Crippen LogP contribution in [0.2, 0.25) is 0 Å². The lowest BCUT2D eigenvalue weighted by molar-refractivity contribution is 0.0890. The zero-order valence-corrected chi connectivity index (χ0v) is 10.9. The van der Waals surface area contributed by atoms with Gasteiger partial charge in [0.1, 0.15) is 5.82 Å². The van der Waals surface area contributed by atoms with Crippen molar-refractivity contribution < 1.29 is 13.6 Å². The molecule has 1 atom stereocenters. The highest BCUT2D eigenvalue weighted by Crippen LogP contribution is 2.26. The lowest BCUT2D eigenvalue weighted by Gasteiger charge is -2.15. The number of hydrogen-bond acceptors (Lipinski definition) is 1. The molecule has 1 rings (SSSR count). The van der Waals surface area contributed by atoms with Gasteiger partial charge < -0.3 is 0 Å². The van der Waals surface area contributed by atoms with Crippen LogP contribution in [-0.4, -0.2) is 5.78 Å². The summed E-state index contributed by atoms with van der Waals surface area (Å²) >= 11 is 2.94. The Balaban J connectivity index is 3.23. The number of carbonyl (C=O) groups excluding carboxylic acids is 1. The Kier molecular flexibility index (Phi) is 4.19. The van der Waals surface area contributed by atoms with Crippen molar-refractivity contribution >= 4 is 21.7 Å². The number of ketones is 1. The van der Waals surface area contributed by atoms with Crippen molar-refractivity contribution in [3.63, 3.8) is 0 Å². The van der Waals surface area contributed by atoms with E-state index in [1.807, 2.05) is 13.8 Å². The maximum atomic E-state index is 13.6. The molecule has 0 saturated heterocycles. The smallest absolute Gasteiger partial charge is 0.171 e. The van der Waals surface area contributed by atoms with Crippen LogP contribution in [0.3, 0.4) is 0 Å². The Morgan fingerprint density at radius 1 is 1.25 bits per heavy atom. The molecule has 0 fully saturated rings. The van der Waals surface area contributed by atoms with Crippen LogP contribution in [0.1, 0.15) is 31.1 Å². The van der Waals surface area contributed by atoms with Crippen molar-refractivity contribution in [3.05, 3.63) is 33.8 Å². The van der Waals surface area contributed by atoms with Crippen LogP contribution in [0.25, 0.3) is 0 Å². The highest BCUT2D eigenvalue weighted by atomic mass is 79.9. The summed E-state index contributed by atoms with van der Waals surface area (Å²) in [6.45, 7) is 5.36. The summed E-state index contributed by atoms with van der Waals surface area (Å²) in [5.74, 6) is -2.48. The first-order valence-corrected chi connectivity index (χ1v) is 5.83. The molecule has 0 aliphatic carbocycles. The number of rotatable bonds is 3. The van der Waals surface area contributed by atoms with Crippen LogP contribution >= 0.6 is 15.9 Å². The predicted octanol–water partition coefficient (Wildman–Crippen LogP) is 4.20. The molecule has 0 heterocycles. The second kappa shape index (κ2) is 5.04. The summed E-state index contributed by atoms with van der Waals surface area (Å²) in [4.78, 5) is 11.9. The van der Waals surface area contributed by atoms with E-state index in [4.69, 9.17) is 0 Å². The van der Waals surface area contributed by atoms with Gasteiger partial charge in [-0.25, -0.2) is 8.78 Å². The van der Waals surface area contributed by atoms with Crippen molar-refractivity contribution in [1.82, 2.24) is 0 Å². The van der Waals surface area contributed by atoms with E-state index >= 15 is 0 Å². The van der Waals surface area contributed by atoms with Gasteiger partial charge in [0.25, 0.3) is 0 Å². The maximum Gasteiger partial charge on any atom is 0.171 e. The van der Waals surface area contributed by atoms with Crippen molar-refractivity contribution in [3.8, 4) is 0 Å². The molecule has 1 aromatic carbocycles. The summed E-state index contributed by atoms with van der Waals surface area (Å²) in [5.41, 5.74) is -0.449. The highest BCUT2D eigenvalue weighted by molar-refractivity contribution is 9.10. The van der Waals surface area contributed by atoms with E-state index in [0.717, 1.165) is 6.07 Å². The van der Waals surface area contributed by atoms with E-state index in [2.05, 4.69) is 15.9 Å². The fraction of sp³-hybridized carbons (Fsp3) is 0.417. The normalized spacial score (nSPS) is 12.9. The molecule has 0 radical (unpaired) electrons. The molecule has 1 nitrogen and oxygen atoms in total. The third-order valence-corrected chi connectivity index (χ3v) is 3.32. The van der Waals surface area contributed by atoms with Crippen molar-refractivity contribution in [2.24, 2.45) is 11.8 Å². The topological polar surface area (TPSA) is 17.1 Å². The van der Waals surface area contributed by atoms with E-state index in [1.54, 1.807) is 6.92 Å². The quantitative estimate of drug-likeness (QED) is 0.602. The Morgan fingerprint density at radius 3 is 2.31 bits per heavy atom. The summed E-state index contributed by atoms with van der Waals surface area (Å²) in [7, 11) is 0. The molecule has 0 aromatic heterocycles. The van der Waals surface area contributed by atoms with Gasteiger partial charge in [0, 0.05) is 5.92 Å². The summed E-state index contributed by atoms with van der Waals surface area (Å²) in [6, 6.07) is 2.34. The molecule has 0 aliphatic rings. The molecule has 88 valence electrons. The summed E-state index contributed by atoms with van der Waals surface area (Å²) in [5, 5.41) is 0. The maximum absolute atomic E-state index is 13.6. The van der Waals surface area contributed by atoms with Gasteiger partial charge in [-0.3, -0.25) is 4.79 Å². The van der Waals surface area contributed by atoms with Gasteiger partial charge in [-0.15, -0.1) is 0 Å². The fourth-order valence-electron chi connectivity index (χ4n) is 1.28. The molecule has 0 bridgehead atoms. The van der Waals surface area contributed by atoms with Crippen molar-refractivity contribution in [2.45, 2.75) is 20.8 Å². The van der Waals surface area contributed by atoms with Crippen LogP contribution in [0.4, 0.5) is 8.78 Å². The fourth-order valence-corrected chi connectivity index (χ4v) is 1.61. The van der Waals surface area contributed by atoms with E-state index in [1.165, 1.54) is 6.07 Å². The van der Waals surface area contributed by atoms with E-state index in [-0.39, 0.29) is 10.4 Å². The first-order chi connectivity index (χ1) is 7.36.